The summed E-state index contributed by atoms with van der Waals surface area (Å²) in [5.74, 6) is 0. The van der Waals surface area contributed by atoms with E-state index in [1.807, 2.05) is 0 Å². The van der Waals surface area contributed by atoms with Crippen LogP contribution in [0, 0.1) is 0 Å². The highest BCUT2D eigenvalue weighted by molar-refractivity contribution is 6.67. The van der Waals surface area contributed by atoms with Crippen LogP contribution in [0.5, 0.6) is 0 Å². The van der Waals surface area contributed by atoms with Crippen LogP contribution in [0.2, 0.25) is 0 Å². The molecule has 11 heteroatoms. The molecular weight excluding hydrogens is 394 g/mol. The Kier molecular flexibility index (Phi) is 5.72. The second-order valence-corrected chi connectivity index (χ2v) is 7.34. The lowest BCUT2D eigenvalue weighted by molar-refractivity contribution is -0.0945. The average molecular weight is 405 g/mol. The summed E-state index contributed by atoms with van der Waals surface area (Å²) < 4.78 is 43.0. The topological polar surface area (TPSA) is 56.2 Å². The number of carbonyl (C=O) groups excluding carboxylic acids is 1. The molecule has 0 radical (unpaired) electrons. The van der Waals surface area contributed by atoms with Crippen molar-refractivity contribution in [3.05, 3.63) is 36.2 Å². The number of nitrogens with one attached hydrogen (secondary N) is 1. The largest absolute Gasteiger partial charge is 0.445 e. The van der Waals surface area contributed by atoms with E-state index in [1.54, 1.807) is 12.3 Å². The molecule has 0 bridgehead atoms. The molecule has 1 amide bonds. The van der Waals surface area contributed by atoms with Crippen LogP contribution in [0.3, 0.4) is 0 Å². The zero-order valence-electron chi connectivity index (χ0n) is 11.9. The van der Waals surface area contributed by atoms with E-state index in [9.17, 15) is 18.0 Å². The lowest BCUT2D eigenvalue weighted by Gasteiger charge is -2.26. The summed E-state index contributed by atoms with van der Waals surface area (Å²) in [7, 11) is 0. The molecule has 0 saturated carbocycles. The summed E-state index contributed by atoms with van der Waals surface area (Å²) in [6.45, 7) is -0.543. The molecule has 1 atom stereocenters. The van der Waals surface area contributed by atoms with Crippen molar-refractivity contribution < 1.29 is 22.7 Å². The normalized spacial score (nSPS) is 18.7. The highest BCUT2D eigenvalue weighted by Crippen LogP contribution is 2.34. The first-order valence-corrected chi connectivity index (χ1v) is 7.67. The molecule has 0 aromatic carbocycles. The van der Waals surface area contributed by atoms with Gasteiger partial charge in [0.1, 0.15) is 6.61 Å². The highest BCUT2D eigenvalue weighted by atomic mass is 35.6. The Labute approximate surface area is 150 Å². The molecule has 1 unspecified atom stereocenters. The molecule has 1 aliphatic carbocycles. The van der Waals surface area contributed by atoms with Gasteiger partial charge in [-0.1, -0.05) is 40.9 Å². The number of ether oxygens (including phenoxy) is 1. The number of rotatable bonds is 3. The molecule has 0 spiro atoms. The van der Waals surface area contributed by atoms with Crippen LogP contribution in [0.4, 0.5) is 18.0 Å². The van der Waals surface area contributed by atoms with Crippen molar-refractivity contribution in [1.29, 1.82) is 0 Å². The second-order valence-electron chi connectivity index (χ2n) is 4.82. The Hall–Kier alpha value is -1.38. The van der Waals surface area contributed by atoms with Gasteiger partial charge in [0.2, 0.25) is 3.79 Å². The Morgan fingerprint density at radius 1 is 1.38 bits per heavy atom. The summed E-state index contributed by atoms with van der Waals surface area (Å²) in [5, 5.41) is 6.28. The van der Waals surface area contributed by atoms with Gasteiger partial charge >= 0.3 is 12.3 Å². The lowest BCUT2D eigenvalue weighted by Crippen LogP contribution is -2.41. The Bertz CT molecular complexity index is 652. The number of alkyl carbamates (subject to hydrolysis) is 1. The van der Waals surface area contributed by atoms with E-state index in [2.05, 4.69) is 10.4 Å². The molecule has 0 aliphatic heterocycles. The molecule has 0 fully saturated rings. The Morgan fingerprint density at radius 3 is 2.62 bits per heavy atom. The number of carbonyl (C=O) groups is 1. The van der Waals surface area contributed by atoms with E-state index in [0.29, 0.717) is 5.70 Å². The van der Waals surface area contributed by atoms with Gasteiger partial charge in [0, 0.05) is 24.4 Å². The number of amides is 1. The lowest BCUT2D eigenvalue weighted by atomic mass is 9.97. The maximum atomic E-state index is 12.9. The number of hydrogen-bond donors (Lipinski definition) is 1. The van der Waals surface area contributed by atoms with E-state index in [4.69, 9.17) is 39.5 Å². The van der Waals surface area contributed by atoms with Gasteiger partial charge in [-0.15, -0.1) is 0 Å². The van der Waals surface area contributed by atoms with Crippen LogP contribution < -0.4 is 5.32 Å². The first kappa shape index (κ1) is 19.0. The molecule has 0 saturated heterocycles. The smallest absolute Gasteiger partial charge is 0.412 e. The van der Waals surface area contributed by atoms with Gasteiger partial charge in [-0.05, 0) is 12.1 Å². The third-order valence-electron chi connectivity index (χ3n) is 3.03. The molecule has 1 aliphatic rings. The number of nitrogens with zero attached hydrogens (tertiary/aromatic N) is 2. The minimum Gasteiger partial charge on any atom is -0.445 e. The first-order chi connectivity index (χ1) is 11.1. The standard InChI is InChI=1S/C13H11Cl3F3N3O2/c14-12(15,16)7-24-11(23)21-9-6-8(13(17,18)19)2-3-10(9)22-5-1-4-20-22/h1-5,9H,6-7H2,(H,21,23). The highest BCUT2D eigenvalue weighted by Gasteiger charge is 2.38. The minimum atomic E-state index is -4.51. The predicted molar refractivity (Wildman–Crippen MR) is 83.8 cm³/mol. The maximum absolute atomic E-state index is 12.9. The Morgan fingerprint density at radius 2 is 2.08 bits per heavy atom. The molecule has 1 heterocycles. The zero-order chi connectivity index (χ0) is 18.0. The van der Waals surface area contributed by atoms with E-state index < -0.39 is 40.7 Å². The van der Waals surface area contributed by atoms with E-state index in [1.165, 1.54) is 17.0 Å². The van der Waals surface area contributed by atoms with E-state index in [-0.39, 0.29) is 0 Å². The van der Waals surface area contributed by atoms with Crippen molar-refractivity contribution in [1.82, 2.24) is 15.1 Å². The van der Waals surface area contributed by atoms with Gasteiger partial charge in [0.05, 0.1) is 11.7 Å². The molecule has 1 aromatic rings. The number of allylic oxidation sites excluding steroid dienone is 2. The predicted octanol–water partition coefficient (Wildman–Crippen LogP) is 4.08. The van der Waals surface area contributed by atoms with Gasteiger partial charge in [-0.3, -0.25) is 0 Å². The van der Waals surface area contributed by atoms with Crippen LogP contribution in [-0.4, -0.2) is 38.5 Å². The van der Waals surface area contributed by atoms with Crippen molar-refractivity contribution in [2.75, 3.05) is 6.61 Å². The number of hydrogen-bond acceptors (Lipinski definition) is 3. The third kappa shape index (κ3) is 5.32. The van der Waals surface area contributed by atoms with Crippen LogP contribution >= 0.6 is 34.8 Å². The average Bonchev–Trinajstić information content (AvgIpc) is 2.97. The molecule has 5 nitrogen and oxygen atoms in total. The molecule has 132 valence electrons. The van der Waals surface area contributed by atoms with Gasteiger partial charge in [-0.25, -0.2) is 9.48 Å². The molecular formula is C13H11Cl3F3N3O2. The first-order valence-electron chi connectivity index (χ1n) is 6.54. The minimum absolute atomic E-state index is 0.346. The van der Waals surface area contributed by atoms with E-state index >= 15 is 0 Å². The summed E-state index contributed by atoms with van der Waals surface area (Å²) in [5.41, 5.74) is -0.441. The van der Waals surface area contributed by atoms with Crippen LogP contribution in [-0.2, 0) is 4.74 Å². The number of alkyl halides is 6. The number of aromatic nitrogens is 2. The maximum Gasteiger partial charge on any atom is 0.412 e. The van der Waals surface area contributed by atoms with Gasteiger partial charge in [-0.2, -0.15) is 18.3 Å². The second kappa shape index (κ2) is 7.25. The molecule has 2 rings (SSSR count). The monoisotopic (exact) mass is 403 g/mol. The van der Waals surface area contributed by atoms with Crippen molar-refractivity contribution in [2.45, 2.75) is 22.4 Å². The zero-order valence-corrected chi connectivity index (χ0v) is 14.1. The summed E-state index contributed by atoms with van der Waals surface area (Å²) in [6.07, 6.45) is -0.804. The SMILES string of the molecule is O=C(NC1CC(C(F)(F)F)=CC=C1n1cccn1)OCC(Cl)(Cl)Cl. The van der Waals surface area contributed by atoms with Crippen LogP contribution in [0.15, 0.2) is 36.2 Å². The van der Waals surface area contributed by atoms with E-state index in [0.717, 1.165) is 6.08 Å². The van der Waals surface area contributed by atoms with Crippen molar-refractivity contribution in [3.8, 4) is 0 Å². The summed E-state index contributed by atoms with van der Waals surface area (Å²) in [4.78, 5) is 11.8. The van der Waals surface area contributed by atoms with Crippen molar-refractivity contribution in [3.63, 3.8) is 0 Å². The number of halogens is 6. The van der Waals surface area contributed by atoms with Crippen molar-refractivity contribution in [2.24, 2.45) is 0 Å². The molecule has 1 aromatic heterocycles. The van der Waals surface area contributed by atoms with Crippen LogP contribution in [0.25, 0.3) is 5.70 Å². The van der Waals surface area contributed by atoms with Gasteiger partial charge in [0.25, 0.3) is 0 Å². The van der Waals surface area contributed by atoms with Crippen molar-refractivity contribution >= 4 is 46.6 Å². The fourth-order valence-electron chi connectivity index (χ4n) is 2.02. The van der Waals surface area contributed by atoms with Gasteiger partial charge in [0.15, 0.2) is 0 Å². The quantitative estimate of drug-likeness (QED) is 0.772. The molecule has 24 heavy (non-hydrogen) atoms. The molecule has 1 N–H and O–H groups in total. The fraction of sp³-hybridized carbons (Fsp3) is 0.385. The summed E-state index contributed by atoms with van der Waals surface area (Å²) >= 11 is 16.4. The van der Waals surface area contributed by atoms with Gasteiger partial charge < -0.3 is 10.1 Å². The third-order valence-corrected chi connectivity index (χ3v) is 3.36. The van der Waals surface area contributed by atoms with Crippen LogP contribution in [0.1, 0.15) is 6.42 Å². The Balaban J connectivity index is 2.15. The fourth-order valence-corrected chi connectivity index (χ4v) is 2.18. The summed E-state index contributed by atoms with van der Waals surface area (Å²) in [6, 6.07) is 0.594.